The number of hydrogen-bond acceptors (Lipinski definition) is 4. The van der Waals surface area contributed by atoms with Crippen LogP contribution in [0, 0.1) is 0 Å². The molecule has 0 N–H and O–H groups in total. The highest BCUT2D eigenvalue weighted by Gasteiger charge is 2.35. The molecular weight excluding hydrogens is 330 g/mol. The Labute approximate surface area is 123 Å². The van der Waals surface area contributed by atoms with Crippen LogP contribution in [0.15, 0.2) is 33.6 Å². The highest BCUT2D eigenvalue weighted by atomic mass is 79.9. The van der Waals surface area contributed by atoms with Gasteiger partial charge in [-0.25, -0.2) is 0 Å². The molecule has 98 valence electrons. The Kier molecular flexibility index (Phi) is 4.21. The van der Waals surface area contributed by atoms with Crippen LogP contribution < -0.4 is 0 Å². The average molecular weight is 340 g/mol. The van der Waals surface area contributed by atoms with Crippen molar-refractivity contribution in [2.75, 3.05) is 6.54 Å². The van der Waals surface area contributed by atoms with Crippen LogP contribution >= 0.6 is 27.7 Å². The van der Waals surface area contributed by atoms with Gasteiger partial charge >= 0.3 is 0 Å². The van der Waals surface area contributed by atoms with Crippen molar-refractivity contribution in [3.05, 3.63) is 39.2 Å². The Morgan fingerprint density at radius 3 is 2.53 bits per heavy atom. The minimum atomic E-state index is -0.409. The van der Waals surface area contributed by atoms with E-state index in [1.807, 2.05) is 24.3 Å². The van der Waals surface area contributed by atoms with Gasteiger partial charge in [-0.3, -0.25) is 19.3 Å². The predicted octanol–water partition coefficient (Wildman–Crippen LogP) is 3.07. The van der Waals surface area contributed by atoms with Crippen LogP contribution in [0.3, 0.4) is 0 Å². The zero-order valence-electron chi connectivity index (χ0n) is 10.1. The molecule has 1 heterocycles. The van der Waals surface area contributed by atoms with Crippen LogP contribution in [0.1, 0.15) is 12.5 Å². The molecule has 1 aromatic carbocycles. The standard InChI is InChI=1S/C13H10BrNO3S/c1-8(16)7-15-12(17)11(19-13(15)18)6-9-2-4-10(14)5-3-9/h2-6H,7H2,1H3/b11-6-. The van der Waals surface area contributed by atoms with Gasteiger partial charge in [-0.1, -0.05) is 28.1 Å². The van der Waals surface area contributed by atoms with Gasteiger partial charge in [0.15, 0.2) is 0 Å². The third-order valence-electron chi connectivity index (χ3n) is 2.42. The third-order valence-corrected chi connectivity index (χ3v) is 3.86. The minimum absolute atomic E-state index is 0.164. The molecule has 2 rings (SSSR count). The lowest BCUT2D eigenvalue weighted by Crippen LogP contribution is -2.32. The molecule has 1 aliphatic rings. The number of nitrogens with zero attached hydrogens (tertiary/aromatic N) is 1. The monoisotopic (exact) mass is 339 g/mol. The fourth-order valence-corrected chi connectivity index (χ4v) is 2.67. The van der Waals surface area contributed by atoms with Crippen LogP contribution in [0.25, 0.3) is 6.08 Å². The van der Waals surface area contributed by atoms with Crippen LogP contribution in [-0.2, 0) is 9.59 Å². The number of imide groups is 1. The Bertz CT molecular complexity index is 580. The van der Waals surface area contributed by atoms with Crippen molar-refractivity contribution >= 4 is 50.7 Å². The first kappa shape index (κ1) is 14.0. The Balaban J connectivity index is 2.23. The molecule has 6 heteroatoms. The number of benzene rings is 1. The van der Waals surface area contributed by atoms with E-state index in [2.05, 4.69) is 15.9 Å². The molecule has 0 aliphatic carbocycles. The van der Waals surface area contributed by atoms with Gasteiger partial charge in [-0.2, -0.15) is 0 Å². The summed E-state index contributed by atoms with van der Waals surface area (Å²) in [5, 5.41) is -0.399. The zero-order valence-corrected chi connectivity index (χ0v) is 12.5. The van der Waals surface area contributed by atoms with E-state index >= 15 is 0 Å². The van der Waals surface area contributed by atoms with E-state index in [1.165, 1.54) is 6.92 Å². The van der Waals surface area contributed by atoms with E-state index in [-0.39, 0.29) is 12.3 Å². The molecule has 0 aromatic heterocycles. The van der Waals surface area contributed by atoms with Crippen LogP contribution in [0.4, 0.5) is 4.79 Å². The molecule has 19 heavy (non-hydrogen) atoms. The maximum absolute atomic E-state index is 12.0. The van der Waals surface area contributed by atoms with Gasteiger partial charge in [-0.15, -0.1) is 0 Å². The molecule has 4 nitrogen and oxygen atoms in total. The van der Waals surface area contributed by atoms with Gasteiger partial charge in [0.1, 0.15) is 5.78 Å². The largest absolute Gasteiger partial charge is 0.298 e. The Morgan fingerprint density at radius 1 is 1.32 bits per heavy atom. The summed E-state index contributed by atoms with van der Waals surface area (Å²) in [5.41, 5.74) is 0.830. The number of carbonyl (C=O) groups is 3. The van der Waals surface area contributed by atoms with Gasteiger partial charge in [0, 0.05) is 4.47 Å². The summed E-state index contributed by atoms with van der Waals surface area (Å²) in [7, 11) is 0. The second-order valence-corrected chi connectivity index (χ2v) is 5.93. The van der Waals surface area contributed by atoms with Crippen molar-refractivity contribution in [3.63, 3.8) is 0 Å². The Morgan fingerprint density at radius 2 is 1.95 bits per heavy atom. The van der Waals surface area contributed by atoms with E-state index in [0.29, 0.717) is 4.91 Å². The summed E-state index contributed by atoms with van der Waals surface area (Å²) in [5.74, 6) is -0.625. The quantitative estimate of drug-likeness (QED) is 0.794. The smallest absolute Gasteiger partial charge is 0.293 e. The summed E-state index contributed by atoms with van der Waals surface area (Å²) in [6.45, 7) is 1.18. The summed E-state index contributed by atoms with van der Waals surface area (Å²) in [4.78, 5) is 35.9. The first-order valence-corrected chi connectivity index (χ1v) is 7.08. The van der Waals surface area contributed by atoms with Gasteiger partial charge in [0.2, 0.25) is 0 Å². The third kappa shape index (κ3) is 3.33. The maximum atomic E-state index is 12.0. The van der Waals surface area contributed by atoms with E-state index in [4.69, 9.17) is 0 Å². The molecule has 0 atom stereocenters. The lowest BCUT2D eigenvalue weighted by molar-refractivity contribution is -0.127. The zero-order chi connectivity index (χ0) is 14.0. The van der Waals surface area contributed by atoms with E-state index in [0.717, 1.165) is 26.7 Å². The molecule has 0 radical (unpaired) electrons. The van der Waals surface area contributed by atoms with Crippen molar-refractivity contribution < 1.29 is 14.4 Å². The molecule has 0 bridgehead atoms. The number of amides is 2. The number of carbonyl (C=O) groups excluding carboxylic acids is 3. The topological polar surface area (TPSA) is 54.5 Å². The van der Waals surface area contributed by atoms with Gasteiger partial charge in [0.05, 0.1) is 11.4 Å². The SMILES string of the molecule is CC(=O)CN1C(=O)S/C(=C\c2ccc(Br)cc2)C1=O. The van der Waals surface area contributed by atoms with Crippen molar-refractivity contribution in [2.45, 2.75) is 6.92 Å². The summed E-state index contributed by atoms with van der Waals surface area (Å²) in [6.07, 6.45) is 1.65. The highest BCUT2D eigenvalue weighted by molar-refractivity contribution is 9.10. The molecule has 0 unspecified atom stereocenters. The van der Waals surface area contributed by atoms with Crippen LogP contribution in [-0.4, -0.2) is 28.4 Å². The van der Waals surface area contributed by atoms with Gasteiger partial charge < -0.3 is 0 Å². The van der Waals surface area contributed by atoms with Crippen molar-refractivity contribution in [3.8, 4) is 0 Å². The molecule has 1 fully saturated rings. The predicted molar refractivity (Wildman–Crippen MR) is 77.5 cm³/mol. The van der Waals surface area contributed by atoms with Gasteiger partial charge in [0.25, 0.3) is 11.1 Å². The lowest BCUT2D eigenvalue weighted by atomic mass is 10.2. The molecule has 1 saturated heterocycles. The fraction of sp³-hybridized carbons (Fsp3) is 0.154. The van der Waals surface area contributed by atoms with Crippen LogP contribution in [0.2, 0.25) is 0 Å². The number of thioether (sulfide) groups is 1. The molecular formula is C13H10BrNO3S. The summed E-state index contributed by atoms with van der Waals surface area (Å²) < 4.78 is 0.939. The van der Waals surface area contributed by atoms with E-state index in [1.54, 1.807) is 6.08 Å². The fourth-order valence-electron chi connectivity index (χ4n) is 1.57. The number of halogens is 1. The van der Waals surface area contributed by atoms with E-state index in [9.17, 15) is 14.4 Å². The Hall–Kier alpha value is -1.40. The number of ketones is 1. The maximum Gasteiger partial charge on any atom is 0.293 e. The number of Topliss-reactive ketones (excluding diaryl/α,β-unsaturated/α-hetero) is 1. The number of rotatable bonds is 3. The normalized spacial score (nSPS) is 17.4. The summed E-state index contributed by atoms with van der Waals surface area (Å²) in [6, 6.07) is 7.38. The molecule has 1 aliphatic heterocycles. The second-order valence-electron chi connectivity index (χ2n) is 4.02. The second kappa shape index (κ2) is 5.71. The lowest BCUT2D eigenvalue weighted by Gasteiger charge is -2.08. The first-order valence-electron chi connectivity index (χ1n) is 5.48. The minimum Gasteiger partial charge on any atom is -0.298 e. The van der Waals surface area contributed by atoms with E-state index < -0.39 is 11.1 Å². The van der Waals surface area contributed by atoms with Crippen molar-refractivity contribution in [2.24, 2.45) is 0 Å². The molecule has 0 saturated carbocycles. The first-order chi connectivity index (χ1) is 8.97. The molecule has 2 amide bonds. The summed E-state index contributed by atoms with van der Waals surface area (Å²) >= 11 is 4.18. The van der Waals surface area contributed by atoms with Crippen molar-refractivity contribution in [1.82, 2.24) is 4.90 Å². The van der Waals surface area contributed by atoms with Crippen LogP contribution in [0.5, 0.6) is 0 Å². The number of hydrogen-bond donors (Lipinski definition) is 0. The highest BCUT2D eigenvalue weighted by Crippen LogP contribution is 2.32. The van der Waals surface area contributed by atoms with Crippen molar-refractivity contribution in [1.29, 1.82) is 0 Å². The molecule has 1 aromatic rings. The molecule has 0 spiro atoms. The van der Waals surface area contributed by atoms with Gasteiger partial charge in [-0.05, 0) is 42.5 Å². The average Bonchev–Trinajstić information content (AvgIpc) is 2.60.